The molecular formula is C20H31IN4OS. The third kappa shape index (κ3) is 9.41. The van der Waals surface area contributed by atoms with Crippen molar-refractivity contribution in [3.8, 4) is 5.75 Å². The van der Waals surface area contributed by atoms with E-state index in [1.54, 1.807) is 18.4 Å². The second kappa shape index (κ2) is 12.9. The summed E-state index contributed by atoms with van der Waals surface area (Å²) in [7, 11) is 1.79. The van der Waals surface area contributed by atoms with Gasteiger partial charge in [0, 0.05) is 31.9 Å². The molecule has 5 nitrogen and oxygen atoms in total. The van der Waals surface area contributed by atoms with Gasteiger partial charge in [0.1, 0.15) is 5.75 Å². The van der Waals surface area contributed by atoms with Crippen LogP contribution in [-0.4, -0.2) is 37.7 Å². The summed E-state index contributed by atoms with van der Waals surface area (Å²) in [4.78, 5) is 8.74. The van der Waals surface area contributed by atoms with Crippen molar-refractivity contribution in [1.29, 1.82) is 0 Å². The summed E-state index contributed by atoms with van der Waals surface area (Å²) in [5.41, 5.74) is 2.41. The van der Waals surface area contributed by atoms with Crippen molar-refractivity contribution in [3.05, 3.63) is 45.9 Å². The van der Waals surface area contributed by atoms with Gasteiger partial charge < -0.3 is 15.4 Å². The van der Waals surface area contributed by atoms with Gasteiger partial charge in [0.2, 0.25) is 0 Å². The minimum absolute atomic E-state index is 0. The Hall–Kier alpha value is -1.35. The van der Waals surface area contributed by atoms with Crippen molar-refractivity contribution in [2.75, 3.05) is 26.7 Å². The maximum atomic E-state index is 5.72. The third-order valence-corrected chi connectivity index (χ3v) is 4.60. The van der Waals surface area contributed by atoms with Gasteiger partial charge in [0.05, 0.1) is 17.3 Å². The maximum Gasteiger partial charge on any atom is 0.190 e. The van der Waals surface area contributed by atoms with Gasteiger partial charge in [-0.05, 0) is 37.0 Å². The van der Waals surface area contributed by atoms with E-state index in [1.165, 1.54) is 5.56 Å². The zero-order valence-electron chi connectivity index (χ0n) is 16.6. The van der Waals surface area contributed by atoms with Crippen molar-refractivity contribution < 1.29 is 4.74 Å². The monoisotopic (exact) mass is 502 g/mol. The van der Waals surface area contributed by atoms with E-state index in [0.29, 0.717) is 5.92 Å². The molecule has 0 radical (unpaired) electrons. The van der Waals surface area contributed by atoms with Gasteiger partial charge in [-0.15, -0.1) is 35.3 Å². The van der Waals surface area contributed by atoms with E-state index in [9.17, 15) is 0 Å². The molecule has 2 N–H and O–H groups in total. The molecule has 1 aromatic carbocycles. The quantitative estimate of drug-likeness (QED) is 0.309. The molecule has 0 spiro atoms. The number of rotatable bonds is 9. The van der Waals surface area contributed by atoms with Gasteiger partial charge in [0.25, 0.3) is 0 Å². The van der Waals surface area contributed by atoms with Gasteiger partial charge in [-0.1, -0.05) is 26.0 Å². The summed E-state index contributed by atoms with van der Waals surface area (Å²) in [5, 5.41) is 9.91. The number of nitrogens with one attached hydrogen (secondary N) is 2. The van der Waals surface area contributed by atoms with Crippen LogP contribution in [0.1, 0.15) is 30.1 Å². The molecule has 2 aromatic rings. The first kappa shape index (κ1) is 23.7. The SMILES string of the molecule is CN=C(NCCc1ccc(OCC(C)C)cc1)NCCc1csc(C)n1.I. The Morgan fingerprint density at radius 1 is 1.15 bits per heavy atom. The van der Waals surface area contributed by atoms with E-state index >= 15 is 0 Å². The highest BCUT2D eigenvalue weighted by atomic mass is 127. The number of aromatic nitrogens is 1. The summed E-state index contributed by atoms with van der Waals surface area (Å²) in [5.74, 6) is 2.30. The Bertz CT molecular complexity index is 686. The zero-order chi connectivity index (χ0) is 18.8. The zero-order valence-corrected chi connectivity index (χ0v) is 19.8. The van der Waals surface area contributed by atoms with E-state index < -0.39 is 0 Å². The molecule has 0 amide bonds. The number of aliphatic imine (C=N–C) groups is 1. The fourth-order valence-corrected chi connectivity index (χ4v) is 3.04. The van der Waals surface area contributed by atoms with Crippen LogP contribution in [0.3, 0.4) is 0 Å². The summed E-state index contributed by atoms with van der Waals surface area (Å²) >= 11 is 1.69. The van der Waals surface area contributed by atoms with Crippen molar-refractivity contribution in [3.63, 3.8) is 0 Å². The van der Waals surface area contributed by atoms with Gasteiger partial charge in [-0.3, -0.25) is 4.99 Å². The average Bonchev–Trinajstić information content (AvgIpc) is 3.05. The summed E-state index contributed by atoms with van der Waals surface area (Å²) in [6.45, 7) is 8.75. The molecule has 0 bridgehead atoms. The van der Waals surface area contributed by atoms with E-state index in [2.05, 4.69) is 52.0 Å². The van der Waals surface area contributed by atoms with Gasteiger partial charge >= 0.3 is 0 Å². The van der Waals surface area contributed by atoms with Crippen LogP contribution in [0.4, 0.5) is 0 Å². The smallest absolute Gasteiger partial charge is 0.190 e. The standard InChI is InChI=1S/C20H30N4OS.HI/c1-15(2)13-25-19-7-5-17(6-8-19)9-11-22-20(21-4)23-12-10-18-14-26-16(3)24-18;/h5-8,14-15H,9-13H2,1-4H3,(H2,21,22,23);1H. The number of hydrogen-bond donors (Lipinski definition) is 2. The Balaban J connectivity index is 0.00000364. The Morgan fingerprint density at radius 2 is 1.81 bits per heavy atom. The molecule has 0 saturated carbocycles. The first-order valence-electron chi connectivity index (χ1n) is 9.14. The van der Waals surface area contributed by atoms with Gasteiger partial charge in [0.15, 0.2) is 5.96 Å². The molecule has 0 aliphatic rings. The molecule has 0 fully saturated rings. The lowest BCUT2D eigenvalue weighted by Crippen LogP contribution is -2.39. The number of aryl methyl sites for hydroxylation is 1. The molecule has 2 rings (SSSR count). The van der Waals surface area contributed by atoms with Gasteiger partial charge in [-0.2, -0.15) is 0 Å². The Kier molecular flexibility index (Phi) is 11.3. The van der Waals surface area contributed by atoms with Crippen LogP contribution in [0.25, 0.3) is 0 Å². The number of halogens is 1. The lowest BCUT2D eigenvalue weighted by atomic mass is 10.1. The molecule has 1 heterocycles. The van der Waals surface area contributed by atoms with Crippen molar-refractivity contribution >= 4 is 41.3 Å². The summed E-state index contributed by atoms with van der Waals surface area (Å²) in [6.07, 6.45) is 1.85. The molecule has 27 heavy (non-hydrogen) atoms. The molecule has 0 unspecified atom stereocenters. The van der Waals surface area contributed by atoms with Crippen LogP contribution in [0, 0.1) is 12.8 Å². The first-order valence-corrected chi connectivity index (χ1v) is 10.0. The van der Waals surface area contributed by atoms with Crippen molar-refractivity contribution in [2.24, 2.45) is 10.9 Å². The summed E-state index contributed by atoms with van der Waals surface area (Å²) in [6, 6.07) is 8.33. The highest BCUT2D eigenvalue weighted by molar-refractivity contribution is 14.0. The number of ether oxygens (including phenoxy) is 1. The Labute approximate surface area is 184 Å². The fourth-order valence-electron chi connectivity index (χ4n) is 2.39. The number of nitrogens with zero attached hydrogens (tertiary/aromatic N) is 2. The minimum atomic E-state index is 0. The van der Waals surface area contributed by atoms with Crippen LogP contribution in [0.2, 0.25) is 0 Å². The lowest BCUT2D eigenvalue weighted by molar-refractivity contribution is 0.271. The molecule has 0 aliphatic carbocycles. The average molecular weight is 502 g/mol. The molecule has 1 aromatic heterocycles. The number of benzene rings is 1. The molecule has 0 atom stereocenters. The highest BCUT2D eigenvalue weighted by Crippen LogP contribution is 2.13. The van der Waals surface area contributed by atoms with E-state index in [0.717, 1.165) is 54.9 Å². The van der Waals surface area contributed by atoms with Crippen LogP contribution in [0.15, 0.2) is 34.6 Å². The normalized spacial score (nSPS) is 11.2. The highest BCUT2D eigenvalue weighted by Gasteiger charge is 2.02. The molecule has 0 saturated heterocycles. The number of guanidine groups is 1. The molecule has 150 valence electrons. The topological polar surface area (TPSA) is 58.5 Å². The van der Waals surface area contributed by atoms with E-state index in [-0.39, 0.29) is 24.0 Å². The predicted molar refractivity (Wildman–Crippen MR) is 126 cm³/mol. The first-order chi connectivity index (χ1) is 12.6. The minimum Gasteiger partial charge on any atom is -0.493 e. The lowest BCUT2D eigenvalue weighted by Gasteiger charge is -2.12. The number of hydrogen-bond acceptors (Lipinski definition) is 4. The van der Waals surface area contributed by atoms with E-state index in [4.69, 9.17) is 4.74 Å². The van der Waals surface area contributed by atoms with Crippen molar-refractivity contribution in [1.82, 2.24) is 15.6 Å². The van der Waals surface area contributed by atoms with Crippen LogP contribution >= 0.6 is 35.3 Å². The van der Waals surface area contributed by atoms with E-state index in [1.807, 2.05) is 19.1 Å². The van der Waals surface area contributed by atoms with Crippen LogP contribution in [0.5, 0.6) is 5.75 Å². The second-order valence-electron chi connectivity index (χ2n) is 6.63. The number of thiazole rings is 1. The maximum absolute atomic E-state index is 5.72. The molecular weight excluding hydrogens is 471 g/mol. The second-order valence-corrected chi connectivity index (χ2v) is 7.69. The summed E-state index contributed by atoms with van der Waals surface area (Å²) < 4.78 is 5.72. The molecule has 7 heteroatoms. The van der Waals surface area contributed by atoms with Crippen LogP contribution < -0.4 is 15.4 Å². The Morgan fingerprint density at radius 3 is 2.37 bits per heavy atom. The van der Waals surface area contributed by atoms with Crippen molar-refractivity contribution in [2.45, 2.75) is 33.6 Å². The largest absolute Gasteiger partial charge is 0.493 e. The predicted octanol–water partition coefficient (Wildman–Crippen LogP) is 4.05. The third-order valence-electron chi connectivity index (χ3n) is 3.78. The molecule has 0 aliphatic heterocycles. The van der Waals surface area contributed by atoms with Crippen LogP contribution in [-0.2, 0) is 12.8 Å². The van der Waals surface area contributed by atoms with Gasteiger partial charge in [-0.25, -0.2) is 4.98 Å². The fraction of sp³-hybridized carbons (Fsp3) is 0.500.